The summed E-state index contributed by atoms with van der Waals surface area (Å²) in [5, 5.41) is 8.81. The molecule has 1 unspecified atom stereocenters. The largest absolute Gasteiger partial charge is 0.314 e. The molecule has 1 heterocycles. The molecule has 110 valence electrons. The van der Waals surface area contributed by atoms with Crippen LogP contribution in [-0.2, 0) is 13.5 Å². The molecule has 0 aromatic carbocycles. The lowest BCUT2D eigenvalue weighted by Crippen LogP contribution is -2.35. The second-order valence-corrected chi connectivity index (χ2v) is 6.96. The van der Waals surface area contributed by atoms with Crippen LogP contribution in [0.5, 0.6) is 0 Å². The van der Waals surface area contributed by atoms with E-state index in [1.54, 1.807) is 4.68 Å². The molecule has 0 aliphatic heterocycles. The summed E-state index contributed by atoms with van der Waals surface area (Å²) in [4.78, 5) is 0. The van der Waals surface area contributed by atoms with Crippen molar-refractivity contribution in [3.8, 4) is 0 Å². The van der Waals surface area contributed by atoms with E-state index in [4.69, 9.17) is 11.6 Å². The zero-order chi connectivity index (χ0) is 14.6. The number of hydrogen-bond donors (Lipinski definition) is 1. The van der Waals surface area contributed by atoms with Gasteiger partial charge in [-0.25, -0.2) is 0 Å². The van der Waals surface area contributed by atoms with E-state index < -0.39 is 0 Å². The summed E-state index contributed by atoms with van der Waals surface area (Å²) < 4.78 is 1.76. The first-order valence-corrected chi connectivity index (χ1v) is 7.53. The SMILES string of the molecule is CCCNC(Cc1c(C)nn(C)c1Cl)CC(C)(C)C. The van der Waals surface area contributed by atoms with Crippen molar-refractivity contribution in [2.75, 3.05) is 6.54 Å². The number of nitrogens with one attached hydrogen (secondary N) is 1. The predicted molar refractivity (Wildman–Crippen MR) is 82.8 cm³/mol. The van der Waals surface area contributed by atoms with Crippen molar-refractivity contribution in [3.63, 3.8) is 0 Å². The molecule has 19 heavy (non-hydrogen) atoms. The highest BCUT2D eigenvalue weighted by molar-refractivity contribution is 6.30. The summed E-state index contributed by atoms with van der Waals surface area (Å²) in [5.74, 6) is 0. The zero-order valence-electron chi connectivity index (χ0n) is 13.2. The standard InChI is InChI=1S/C15H28ClN3/c1-7-8-17-12(10-15(3,4)5)9-13-11(2)18-19(6)14(13)16/h12,17H,7-10H2,1-6H3. The highest BCUT2D eigenvalue weighted by Gasteiger charge is 2.21. The lowest BCUT2D eigenvalue weighted by molar-refractivity contribution is 0.306. The number of rotatable bonds is 6. The van der Waals surface area contributed by atoms with Gasteiger partial charge in [0, 0.05) is 18.7 Å². The van der Waals surface area contributed by atoms with Crippen LogP contribution in [0.3, 0.4) is 0 Å². The molecule has 0 bridgehead atoms. The molecule has 0 aliphatic rings. The Morgan fingerprint density at radius 1 is 1.37 bits per heavy atom. The maximum absolute atomic E-state index is 6.34. The maximum atomic E-state index is 6.34. The van der Waals surface area contributed by atoms with Gasteiger partial charge in [-0.3, -0.25) is 4.68 Å². The Bertz CT molecular complexity index is 404. The van der Waals surface area contributed by atoms with Crippen LogP contribution < -0.4 is 5.32 Å². The van der Waals surface area contributed by atoms with Gasteiger partial charge < -0.3 is 5.32 Å². The quantitative estimate of drug-likeness (QED) is 0.863. The fourth-order valence-corrected chi connectivity index (χ4v) is 2.71. The third-order valence-corrected chi connectivity index (χ3v) is 3.73. The first-order chi connectivity index (χ1) is 8.74. The van der Waals surface area contributed by atoms with E-state index in [0.29, 0.717) is 11.5 Å². The minimum atomic E-state index is 0.313. The van der Waals surface area contributed by atoms with Crippen molar-refractivity contribution in [3.05, 3.63) is 16.4 Å². The molecular weight excluding hydrogens is 258 g/mol. The van der Waals surface area contributed by atoms with Crippen LogP contribution in [0.25, 0.3) is 0 Å². The van der Waals surface area contributed by atoms with E-state index in [1.165, 1.54) is 5.56 Å². The number of halogens is 1. The lowest BCUT2D eigenvalue weighted by Gasteiger charge is -2.27. The van der Waals surface area contributed by atoms with Gasteiger partial charge in [0.25, 0.3) is 0 Å². The second kappa shape index (κ2) is 6.76. The first-order valence-electron chi connectivity index (χ1n) is 7.16. The van der Waals surface area contributed by atoms with Crippen LogP contribution in [-0.4, -0.2) is 22.4 Å². The molecule has 1 N–H and O–H groups in total. The molecule has 1 rings (SSSR count). The number of hydrogen-bond acceptors (Lipinski definition) is 2. The molecule has 0 aliphatic carbocycles. The summed E-state index contributed by atoms with van der Waals surface area (Å²) in [7, 11) is 1.90. The molecule has 0 radical (unpaired) electrons. The summed E-state index contributed by atoms with van der Waals surface area (Å²) in [6.07, 6.45) is 3.24. The normalized spacial score (nSPS) is 13.8. The van der Waals surface area contributed by atoms with Gasteiger partial charge in [0.15, 0.2) is 0 Å². The van der Waals surface area contributed by atoms with Gasteiger partial charge in [0.1, 0.15) is 5.15 Å². The Morgan fingerprint density at radius 3 is 2.42 bits per heavy atom. The van der Waals surface area contributed by atoms with Gasteiger partial charge in [-0.05, 0) is 38.1 Å². The molecule has 1 atom stereocenters. The first kappa shape index (κ1) is 16.5. The van der Waals surface area contributed by atoms with Crippen molar-refractivity contribution in [1.82, 2.24) is 15.1 Å². The Kier molecular flexibility index (Phi) is 5.87. The van der Waals surface area contributed by atoms with E-state index in [0.717, 1.165) is 36.7 Å². The second-order valence-electron chi connectivity index (χ2n) is 6.60. The number of aryl methyl sites for hydroxylation is 2. The fraction of sp³-hybridized carbons (Fsp3) is 0.800. The van der Waals surface area contributed by atoms with E-state index >= 15 is 0 Å². The fourth-order valence-electron chi connectivity index (χ4n) is 2.46. The van der Waals surface area contributed by atoms with E-state index in [9.17, 15) is 0 Å². The van der Waals surface area contributed by atoms with Crippen molar-refractivity contribution in [2.24, 2.45) is 12.5 Å². The molecule has 0 spiro atoms. The Balaban J connectivity index is 2.81. The third kappa shape index (κ3) is 5.15. The van der Waals surface area contributed by atoms with Crippen LogP contribution in [0, 0.1) is 12.3 Å². The van der Waals surface area contributed by atoms with E-state index in [2.05, 4.69) is 38.1 Å². The zero-order valence-corrected chi connectivity index (χ0v) is 13.9. The van der Waals surface area contributed by atoms with Gasteiger partial charge in [0.05, 0.1) is 5.69 Å². The van der Waals surface area contributed by atoms with Crippen molar-refractivity contribution in [2.45, 2.75) is 59.9 Å². The summed E-state index contributed by atoms with van der Waals surface area (Å²) in [5.41, 5.74) is 2.54. The number of aromatic nitrogens is 2. The van der Waals surface area contributed by atoms with Crippen molar-refractivity contribution in [1.29, 1.82) is 0 Å². The lowest BCUT2D eigenvalue weighted by atomic mass is 9.86. The minimum Gasteiger partial charge on any atom is -0.314 e. The summed E-state index contributed by atoms with van der Waals surface area (Å²) in [6.45, 7) is 12.1. The predicted octanol–water partition coefficient (Wildman–Crippen LogP) is 3.73. The highest BCUT2D eigenvalue weighted by Crippen LogP contribution is 2.26. The molecule has 3 nitrogen and oxygen atoms in total. The van der Waals surface area contributed by atoms with Crippen LogP contribution in [0.15, 0.2) is 0 Å². The Hall–Kier alpha value is -0.540. The summed E-state index contributed by atoms with van der Waals surface area (Å²) in [6, 6.07) is 0.459. The highest BCUT2D eigenvalue weighted by atomic mass is 35.5. The van der Waals surface area contributed by atoms with Crippen molar-refractivity contribution < 1.29 is 0 Å². The average Bonchev–Trinajstić information content (AvgIpc) is 2.51. The topological polar surface area (TPSA) is 29.9 Å². The minimum absolute atomic E-state index is 0.313. The number of nitrogens with zero attached hydrogens (tertiary/aromatic N) is 2. The van der Waals surface area contributed by atoms with E-state index in [1.807, 2.05) is 14.0 Å². The molecular formula is C15H28ClN3. The van der Waals surface area contributed by atoms with Gasteiger partial charge >= 0.3 is 0 Å². The molecule has 1 aromatic rings. The molecule has 0 saturated heterocycles. The smallest absolute Gasteiger partial charge is 0.130 e. The van der Waals surface area contributed by atoms with Crippen LogP contribution >= 0.6 is 11.6 Å². The molecule has 0 fully saturated rings. The maximum Gasteiger partial charge on any atom is 0.130 e. The van der Waals surface area contributed by atoms with Crippen molar-refractivity contribution >= 4 is 11.6 Å². The summed E-state index contributed by atoms with van der Waals surface area (Å²) >= 11 is 6.34. The van der Waals surface area contributed by atoms with Gasteiger partial charge in [-0.2, -0.15) is 5.10 Å². The van der Waals surface area contributed by atoms with Crippen LogP contribution in [0.4, 0.5) is 0 Å². The average molecular weight is 286 g/mol. The third-order valence-electron chi connectivity index (χ3n) is 3.26. The van der Waals surface area contributed by atoms with E-state index in [-0.39, 0.29) is 0 Å². The molecule has 0 saturated carbocycles. The Morgan fingerprint density at radius 2 is 2.00 bits per heavy atom. The monoisotopic (exact) mass is 285 g/mol. The molecule has 4 heteroatoms. The van der Waals surface area contributed by atoms with Crippen LogP contribution in [0.2, 0.25) is 5.15 Å². The Labute approximate surface area is 122 Å². The van der Waals surface area contributed by atoms with Crippen LogP contribution in [0.1, 0.15) is 51.8 Å². The van der Waals surface area contributed by atoms with Gasteiger partial charge in [0.2, 0.25) is 0 Å². The van der Waals surface area contributed by atoms with Gasteiger partial charge in [-0.15, -0.1) is 0 Å². The van der Waals surface area contributed by atoms with Gasteiger partial charge in [-0.1, -0.05) is 39.3 Å². The molecule has 0 amide bonds. The molecule has 1 aromatic heterocycles.